The van der Waals surface area contributed by atoms with Crippen LogP contribution in [0.3, 0.4) is 0 Å². The Morgan fingerprint density at radius 3 is 2.60 bits per heavy atom. The minimum absolute atomic E-state index is 0. The Hall–Kier alpha value is 0.163. The van der Waals surface area contributed by atoms with E-state index in [1.807, 2.05) is 6.08 Å². The monoisotopic (exact) mass is 315 g/mol. The van der Waals surface area contributed by atoms with Crippen LogP contribution in [0.25, 0.3) is 6.08 Å². The zero-order valence-corrected chi connectivity index (χ0v) is 12.2. The summed E-state index contributed by atoms with van der Waals surface area (Å²) in [5, 5.41) is 0. The van der Waals surface area contributed by atoms with Gasteiger partial charge >= 0.3 is 26.2 Å². The molecule has 0 N–H and O–H groups in total. The predicted octanol–water partition coefficient (Wildman–Crippen LogP) is -2.82. The second-order valence-electron chi connectivity index (χ2n) is 3.02. The number of hydrogen-bond acceptors (Lipinski definition) is 0. The first kappa shape index (κ1) is 17.6. The normalized spacial score (nSPS) is 15.3. The average Bonchev–Trinajstić information content (AvgIpc) is 2.50. The van der Waals surface area contributed by atoms with Gasteiger partial charge in [0.2, 0.25) is 0 Å². The van der Waals surface area contributed by atoms with E-state index >= 15 is 0 Å². The first-order valence-electron chi connectivity index (χ1n) is 4.21. The molecule has 0 aliphatic heterocycles. The molecule has 0 bridgehead atoms. The predicted molar refractivity (Wildman–Crippen MR) is 51.7 cm³/mol. The summed E-state index contributed by atoms with van der Waals surface area (Å²) in [6.07, 6.45) is 8.35. The second kappa shape index (κ2) is 8.33. The average molecular weight is 317 g/mol. The number of fused-ring (bicyclic) bond motifs is 1. The van der Waals surface area contributed by atoms with Crippen molar-refractivity contribution in [3.63, 3.8) is 0 Å². The van der Waals surface area contributed by atoms with Crippen LogP contribution in [0.15, 0.2) is 36.9 Å². The van der Waals surface area contributed by atoms with Crippen LogP contribution in [0.4, 0.5) is 0 Å². The van der Waals surface area contributed by atoms with Gasteiger partial charge in [0, 0.05) is 0 Å². The number of benzene rings is 1. The number of hydrogen-bond donors (Lipinski definition) is 0. The zero-order valence-electron chi connectivity index (χ0n) is 8.21. The van der Waals surface area contributed by atoms with Crippen LogP contribution in [-0.2, 0) is 26.2 Å². The van der Waals surface area contributed by atoms with Crippen molar-refractivity contribution in [2.24, 2.45) is 0 Å². The fourth-order valence-electron chi connectivity index (χ4n) is 1.60. The van der Waals surface area contributed by atoms with E-state index in [0.717, 1.165) is 6.42 Å². The van der Waals surface area contributed by atoms with Crippen molar-refractivity contribution in [3.05, 3.63) is 54.1 Å². The van der Waals surface area contributed by atoms with E-state index in [4.69, 9.17) is 0 Å². The Kier molecular flexibility index (Phi) is 9.75. The van der Waals surface area contributed by atoms with Crippen LogP contribution in [0.2, 0.25) is 0 Å². The molecule has 0 fully saturated rings. The van der Waals surface area contributed by atoms with E-state index in [0.29, 0.717) is 5.92 Å². The Balaban J connectivity index is 0. The summed E-state index contributed by atoms with van der Waals surface area (Å²) in [7, 11) is 0. The van der Waals surface area contributed by atoms with Gasteiger partial charge in [-0.2, -0.15) is 5.56 Å². The van der Waals surface area contributed by atoms with Gasteiger partial charge in [-0.05, 0) is 6.42 Å². The molecule has 1 aliphatic rings. The van der Waals surface area contributed by atoms with Crippen LogP contribution >= 0.6 is 0 Å². The molecule has 15 heavy (non-hydrogen) atoms. The van der Waals surface area contributed by atoms with Gasteiger partial charge < -0.3 is 24.8 Å². The molecule has 1 aliphatic carbocycles. The molecule has 1 aromatic carbocycles. The fraction of sp³-hybridized carbons (Fsp3) is 0.167. The molecule has 1 aromatic rings. The molecule has 1 unspecified atom stereocenters. The fourth-order valence-corrected chi connectivity index (χ4v) is 1.60. The van der Waals surface area contributed by atoms with Gasteiger partial charge in [0.1, 0.15) is 0 Å². The van der Waals surface area contributed by atoms with Crippen molar-refractivity contribution in [1.29, 1.82) is 0 Å². The Morgan fingerprint density at radius 1 is 1.27 bits per heavy atom. The minimum Gasteiger partial charge on any atom is -1.00 e. The van der Waals surface area contributed by atoms with Crippen LogP contribution in [0.1, 0.15) is 23.5 Å². The first-order valence-corrected chi connectivity index (χ1v) is 4.21. The summed E-state index contributed by atoms with van der Waals surface area (Å²) in [5.41, 5.74) is 2.70. The molecule has 0 amide bonds. The van der Waals surface area contributed by atoms with E-state index in [2.05, 4.69) is 43.0 Å². The number of allylic oxidation sites excluding steroid dienone is 2. The molecule has 0 heterocycles. The van der Waals surface area contributed by atoms with Gasteiger partial charge in [-0.15, -0.1) is 18.2 Å². The van der Waals surface area contributed by atoms with Gasteiger partial charge in [-0.1, -0.05) is 30.2 Å². The van der Waals surface area contributed by atoms with Gasteiger partial charge in [0.05, 0.1) is 0 Å². The van der Waals surface area contributed by atoms with Gasteiger partial charge in [0.25, 0.3) is 0 Å². The van der Waals surface area contributed by atoms with E-state index in [1.165, 1.54) is 11.1 Å². The van der Waals surface area contributed by atoms with Crippen molar-refractivity contribution in [2.75, 3.05) is 0 Å². The van der Waals surface area contributed by atoms with E-state index in [1.54, 1.807) is 0 Å². The van der Waals surface area contributed by atoms with Crippen LogP contribution < -0.4 is 24.8 Å². The van der Waals surface area contributed by atoms with Gasteiger partial charge in [-0.25, -0.2) is 6.08 Å². The standard InChI is InChI=1S/C12H11.2ClH.Zr/c1-2-5-10-8-9-11-6-3-4-7-12(10)11;;;/h2-4,6-7,9-10H,1,5H2;2*1H;/q-1;;;+3/p-2. The summed E-state index contributed by atoms with van der Waals surface area (Å²) < 4.78 is 0. The van der Waals surface area contributed by atoms with Crippen LogP contribution in [0.5, 0.6) is 0 Å². The van der Waals surface area contributed by atoms with E-state index in [9.17, 15) is 0 Å². The van der Waals surface area contributed by atoms with Gasteiger partial charge in [0.15, 0.2) is 0 Å². The molecule has 0 nitrogen and oxygen atoms in total. The maximum atomic E-state index is 3.74. The zero-order chi connectivity index (χ0) is 8.39. The molecule has 0 aromatic heterocycles. The topological polar surface area (TPSA) is 0 Å². The quantitative estimate of drug-likeness (QED) is 0.408. The van der Waals surface area contributed by atoms with Crippen molar-refractivity contribution in [2.45, 2.75) is 12.3 Å². The first-order chi connectivity index (χ1) is 5.92. The molecule has 77 valence electrons. The van der Waals surface area contributed by atoms with Crippen molar-refractivity contribution in [3.8, 4) is 0 Å². The molecular formula is C12H11Cl2Zr. The Morgan fingerprint density at radius 2 is 1.93 bits per heavy atom. The van der Waals surface area contributed by atoms with Gasteiger partial charge in [-0.3, -0.25) is 6.08 Å². The maximum absolute atomic E-state index is 3.74. The molecule has 2 rings (SSSR count). The maximum Gasteiger partial charge on any atom is 3.00 e. The van der Waals surface area contributed by atoms with E-state index < -0.39 is 0 Å². The smallest absolute Gasteiger partial charge is 1.00 e. The summed E-state index contributed by atoms with van der Waals surface area (Å²) in [6.45, 7) is 3.74. The third kappa shape index (κ3) is 3.91. The number of rotatable bonds is 2. The van der Waals surface area contributed by atoms with E-state index in [-0.39, 0.29) is 51.0 Å². The molecule has 0 saturated heterocycles. The summed E-state index contributed by atoms with van der Waals surface area (Å²) in [4.78, 5) is 0. The van der Waals surface area contributed by atoms with Crippen molar-refractivity contribution in [1.82, 2.24) is 0 Å². The third-order valence-electron chi connectivity index (χ3n) is 2.21. The summed E-state index contributed by atoms with van der Waals surface area (Å²) in [6, 6.07) is 8.44. The Bertz CT molecular complexity index is 334. The van der Waals surface area contributed by atoms with Crippen LogP contribution in [0, 0.1) is 6.08 Å². The van der Waals surface area contributed by atoms with Crippen molar-refractivity contribution >= 4 is 6.08 Å². The third-order valence-corrected chi connectivity index (χ3v) is 2.21. The summed E-state index contributed by atoms with van der Waals surface area (Å²) in [5.74, 6) is 0.443. The SMILES string of the molecule is C=CCC1[C-]=Cc2ccccc21.[Cl-].[Cl-].[Zr+3]. The largest absolute Gasteiger partial charge is 3.00 e. The molecule has 1 radical (unpaired) electrons. The van der Waals surface area contributed by atoms with Crippen molar-refractivity contribution < 1.29 is 51.0 Å². The molecule has 0 spiro atoms. The molecular weight excluding hydrogens is 306 g/mol. The molecule has 0 saturated carbocycles. The second-order valence-corrected chi connectivity index (χ2v) is 3.02. The molecule has 1 atom stereocenters. The van der Waals surface area contributed by atoms with Crippen LogP contribution in [-0.4, -0.2) is 0 Å². The molecule has 3 heteroatoms. The number of halogens is 2. The Labute approximate surface area is 123 Å². The minimum atomic E-state index is 0. The summed E-state index contributed by atoms with van der Waals surface area (Å²) >= 11 is 0.